The molecule has 0 fully saturated rings. The molecule has 0 saturated heterocycles. The van der Waals surface area contributed by atoms with Gasteiger partial charge in [0.25, 0.3) is 0 Å². The molecule has 0 spiro atoms. The molecule has 0 aromatic carbocycles. The molecule has 2 atom stereocenters. The second-order valence-corrected chi connectivity index (χ2v) is 14.8. The second kappa shape index (κ2) is 38.1. The zero-order valence-electron chi connectivity index (χ0n) is 35.8. The van der Waals surface area contributed by atoms with Crippen LogP contribution in [0.5, 0.6) is 0 Å². The van der Waals surface area contributed by atoms with E-state index in [1.54, 1.807) is 27.2 Å². The summed E-state index contributed by atoms with van der Waals surface area (Å²) >= 11 is 0. The lowest BCUT2D eigenvalue weighted by molar-refractivity contribution is -0.889. The number of ether oxygens (including phenoxy) is 3. The van der Waals surface area contributed by atoms with E-state index < -0.39 is 24.1 Å². The predicted molar refractivity (Wildman–Crippen MR) is 231 cm³/mol. The number of aliphatic carboxylic acids is 1. The van der Waals surface area contributed by atoms with Crippen LogP contribution in [0.2, 0.25) is 0 Å². The quantitative estimate of drug-likeness (QED) is 0.0270. The van der Waals surface area contributed by atoms with Crippen molar-refractivity contribution in [1.82, 2.24) is 0 Å². The summed E-state index contributed by atoms with van der Waals surface area (Å²) in [7, 11) is 5.36. The van der Waals surface area contributed by atoms with Crippen molar-refractivity contribution in [2.45, 2.75) is 148 Å². The number of rotatable bonds is 36. The lowest BCUT2D eigenvalue weighted by Gasteiger charge is -2.34. The van der Waals surface area contributed by atoms with Crippen LogP contribution in [-0.4, -0.2) is 75.5 Å². The molecular weight excluding hydrogens is 703 g/mol. The number of carbonyl (C=O) groups excluding carboxylic acids is 3. The number of hydrogen-bond acceptors (Lipinski definition) is 7. The lowest BCUT2D eigenvalue weighted by Crippen LogP contribution is -2.55. The Morgan fingerprint density at radius 3 is 1.48 bits per heavy atom. The molecule has 0 N–H and O–H groups in total. The van der Waals surface area contributed by atoms with E-state index in [1.807, 2.05) is 12.2 Å². The first-order chi connectivity index (χ1) is 27.1. The van der Waals surface area contributed by atoms with Gasteiger partial charge in [-0.05, 0) is 70.6 Å². The highest BCUT2D eigenvalue weighted by Crippen LogP contribution is 2.12. The fourth-order valence-corrected chi connectivity index (χ4v) is 5.51. The standard InChI is InChI=1S/C48H77NO7/c1-6-8-10-12-14-16-17-18-19-20-21-22-23-24-25-26-27-28-29-31-33-35-37-39-47(51)56-44(42-54-41-40-45(48(52)53)49(3,4)5)43-55-46(50)38-36-34-32-30-15-13-11-9-7-2/h8-11,14-16,18-19,21-22,24-25,30,34,36,44-45H,6-7,12-13,17,20,23,26-29,31-33,35,37-43H2,1-5H3/b10-8+,11-9+,16-14+,19-18+,22-21+,25-24+,30-15+,36-34+. The van der Waals surface area contributed by atoms with E-state index in [4.69, 9.17) is 14.2 Å². The van der Waals surface area contributed by atoms with Gasteiger partial charge in [-0.25, -0.2) is 0 Å². The summed E-state index contributed by atoms with van der Waals surface area (Å²) in [5, 5.41) is 11.6. The number of allylic oxidation sites excluding steroid dienone is 15. The van der Waals surface area contributed by atoms with Crippen molar-refractivity contribution in [3.63, 3.8) is 0 Å². The van der Waals surface area contributed by atoms with E-state index in [-0.39, 0.29) is 49.5 Å². The van der Waals surface area contributed by atoms with Crippen molar-refractivity contribution in [2.24, 2.45) is 0 Å². The van der Waals surface area contributed by atoms with E-state index in [0.29, 0.717) is 0 Å². The molecule has 0 aromatic heterocycles. The molecule has 316 valence electrons. The van der Waals surface area contributed by atoms with Gasteiger partial charge in [0.1, 0.15) is 12.6 Å². The Balaban J connectivity index is 4.36. The minimum Gasteiger partial charge on any atom is -0.544 e. The van der Waals surface area contributed by atoms with Crippen LogP contribution in [0.4, 0.5) is 0 Å². The SMILES string of the molecule is CC/C=C/C/C=C/C/C=C/C/C=C/C/C=C/CCCCCCCCCC(=O)OC(COCCC(C(=O)[O-])[N+](C)(C)C)COC(=O)C/C=C/C/C=C/C/C=C/CC. The van der Waals surface area contributed by atoms with Crippen molar-refractivity contribution in [3.05, 3.63) is 97.2 Å². The van der Waals surface area contributed by atoms with Crippen molar-refractivity contribution < 1.29 is 38.2 Å². The molecule has 2 unspecified atom stereocenters. The number of hydrogen-bond donors (Lipinski definition) is 0. The van der Waals surface area contributed by atoms with Crippen LogP contribution in [0, 0.1) is 0 Å². The number of quaternary nitrogens is 1. The van der Waals surface area contributed by atoms with Crippen molar-refractivity contribution in [2.75, 3.05) is 41.0 Å². The van der Waals surface area contributed by atoms with E-state index in [9.17, 15) is 19.5 Å². The van der Waals surface area contributed by atoms with Crippen LogP contribution in [0.15, 0.2) is 97.2 Å². The molecule has 0 aliphatic rings. The highest BCUT2D eigenvalue weighted by atomic mass is 16.6. The number of carbonyl (C=O) groups is 3. The maximum atomic E-state index is 12.7. The first-order valence-electron chi connectivity index (χ1n) is 21.3. The molecule has 0 aliphatic heterocycles. The summed E-state index contributed by atoms with van der Waals surface area (Å²) in [5.41, 5.74) is 0. The number of unbranched alkanes of at least 4 members (excludes halogenated alkanes) is 7. The molecule has 0 aliphatic carbocycles. The molecule has 0 bridgehead atoms. The summed E-state index contributed by atoms with van der Waals surface area (Å²) in [6.07, 6.45) is 50.5. The summed E-state index contributed by atoms with van der Waals surface area (Å²) in [5.74, 6) is -1.92. The lowest BCUT2D eigenvalue weighted by atomic mass is 10.1. The fraction of sp³-hybridized carbons (Fsp3) is 0.604. The van der Waals surface area contributed by atoms with Crippen molar-refractivity contribution in [3.8, 4) is 0 Å². The molecule has 8 nitrogen and oxygen atoms in total. The Morgan fingerprint density at radius 2 is 1.00 bits per heavy atom. The van der Waals surface area contributed by atoms with Gasteiger partial charge < -0.3 is 28.6 Å². The van der Waals surface area contributed by atoms with E-state index >= 15 is 0 Å². The minimum atomic E-state index is -1.14. The zero-order valence-corrected chi connectivity index (χ0v) is 35.8. The van der Waals surface area contributed by atoms with Crippen LogP contribution >= 0.6 is 0 Å². The van der Waals surface area contributed by atoms with Crippen molar-refractivity contribution >= 4 is 17.9 Å². The third-order valence-corrected chi connectivity index (χ3v) is 8.75. The van der Waals surface area contributed by atoms with Crippen LogP contribution < -0.4 is 5.11 Å². The maximum Gasteiger partial charge on any atom is 0.309 e. The molecule has 0 aromatic rings. The summed E-state index contributed by atoms with van der Waals surface area (Å²) in [6.45, 7) is 4.27. The van der Waals surface area contributed by atoms with Gasteiger partial charge in [0, 0.05) is 12.8 Å². The summed E-state index contributed by atoms with van der Waals surface area (Å²) < 4.78 is 17.0. The normalized spacial score (nSPS) is 13.9. The molecule has 0 radical (unpaired) electrons. The van der Waals surface area contributed by atoms with E-state index in [2.05, 4.69) is 92.8 Å². The topological polar surface area (TPSA) is 102 Å². The van der Waals surface area contributed by atoms with Gasteiger partial charge in [0.2, 0.25) is 0 Å². The molecule has 8 heteroatoms. The third kappa shape index (κ3) is 35.9. The van der Waals surface area contributed by atoms with Gasteiger partial charge >= 0.3 is 11.9 Å². The Kier molecular flexibility index (Phi) is 35.6. The van der Waals surface area contributed by atoms with E-state index in [0.717, 1.165) is 83.5 Å². The Morgan fingerprint density at radius 1 is 0.554 bits per heavy atom. The highest BCUT2D eigenvalue weighted by molar-refractivity contribution is 5.71. The molecule has 0 saturated carbocycles. The van der Waals surface area contributed by atoms with Gasteiger partial charge in [-0.2, -0.15) is 0 Å². The van der Waals surface area contributed by atoms with E-state index in [1.165, 1.54) is 19.3 Å². The fourth-order valence-electron chi connectivity index (χ4n) is 5.51. The zero-order chi connectivity index (χ0) is 41.4. The van der Waals surface area contributed by atoms with Crippen LogP contribution in [0.25, 0.3) is 0 Å². The second-order valence-electron chi connectivity index (χ2n) is 14.8. The number of esters is 2. The smallest absolute Gasteiger partial charge is 0.309 e. The largest absolute Gasteiger partial charge is 0.544 e. The Labute approximate surface area is 341 Å². The summed E-state index contributed by atoms with van der Waals surface area (Å²) in [4.78, 5) is 36.6. The van der Waals surface area contributed by atoms with Gasteiger partial charge in [0.15, 0.2) is 6.10 Å². The monoisotopic (exact) mass is 780 g/mol. The van der Waals surface area contributed by atoms with Gasteiger partial charge in [0.05, 0.1) is 46.7 Å². The molecule has 0 rings (SSSR count). The van der Waals surface area contributed by atoms with Crippen LogP contribution in [0.3, 0.4) is 0 Å². The molecule has 0 heterocycles. The van der Waals surface area contributed by atoms with Crippen molar-refractivity contribution in [1.29, 1.82) is 0 Å². The van der Waals surface area contributed by atoms with Gasteiger partial charge in [-0.1, -0.05) is 143 Å². The third-order valence-electron chi connectivity index (χ3n) is 8.75. The van der Waals surface area contributed by atoms with Crippen LogP contribution in [-0.2, 0) is 28.6 Å². The Hall–Kier alpha value is -3.75. The first kappa shape index (κ1) is 52.2. The maximum absolute atomic E-state index is 12.7. The minimum absolute atomic E-state index is 0.00264. The summed E-state index contributed by atoms with van der Waals surface area (Å²) in [6, 6.07) is -0.743. The molecule has 56 heavy (non-hydrogen) atoms. The highest BCUT2D eigenvalue weighted by Gasteiger charge is 2.25. The first-order valence-corrected chi connectivity index (χ1v) is 21.3. The molecule has 0 amide bonds. The van der Waals surface area contributed by atoms with Gasteiger partial charge in [-0.15, -0.1) is 0 Å². The number of likely N-dealkylation sites (N-methyl/N-ethyl adjacent to an activating group) is 1. The average Bonchev–Trinajstić information content (AvgIpc) is 3.15. The Bertz CT molecular complexity index is 1230. The molecular formula is C48H77NO7. The average molecular weight is 780 g/mol. The number of carboxylic acid groups (broad SMARTS) is 1. The predicted octanol–water partition coefficient (Wildman–Crippen LogP) is 10.2. The van der Waals surface area contributed by atoms with Crippen LogP contribution in [0.1, 0.15) is 136 Å². The number of nitrogens with zero attached hydrogens (tertiary/aromatic N) is 1. The van der Waals surface area contributed by atoms with Gasteiger partial charge in [-0.3, -0.25) is 9.59 Å². The number of carboxylic acids is 1.